The van der Waals surface area contributed by atoms with Gasteiger partial charge in [-0.25, -0.2) is 4.98 Å². The molecule has 0 amide bonds. The Kier molecular flexibility index (Phi) is 5.94. The van der Waals surface area contributed by atoms with E-state index in [1.165, 1.54) is 37.7 Å². The molecule has 1 aliphatic carbocycles. The van der Waals surface area contributed by atoms with E-state index in [1.54, 1.807) is 6.33 Å². The van der Waals surface area contributed by atoms with Crippen LogP contribution in [0.25, 0.3) is 11.2 Å². The lowest BCUT2D eigenvalue weighted by Crippen LogP contribution is -2.31. The maximum absolute atomic E-state index is 9.96. The molecular formula is C28H34ClN5O4. The van der Waals surface area contributed by atoms with Gasteiger partial charge >= 0.3 is 0 Å². The van der Waals surface area contributed by atoms with Gasteiger partial charge in [0.1, 0.15) is 18.3 Å². The number of aliphatic hydroxyl groups is 1. The number of hydrogen-bond donors (Lipinski definition) is 1. The topological polar surface area (TPSA) is 94.8 Å². The fraction of sp³-hybridized carbons (Fsp3) is 0.607. The molecule has 10 heteroatoms. The predicted octanol–water partition coefficient (Wildman–Crippen LogP) is 4.79. The van der Waals surface area contributed by atoms with Crippen LogP contribution in [0.4, 0.5) is 5.82 Å². The SMILES string of the molecule is CC1(C)O[C@@H]2[C@H](O1)[C@@H](CO)O[C@H]2n1cnc2c(N3CC4(CCCCC4)CC3c3ccccc3)nc(Cl)nc21. The summed E-state index contributed by atoms with van der Waals surface area (Å²) in [5.41, 5.74) is 2.83. The van der Waals surface area contributed by atoms with Crippen molar-refractivity contribution in [3.8, 4) is 0 Å². The number of anilines is 1. The fourth-order valence-corrected chi connectivity index (χ4v) is 7.37. The van der Waals surface area contributed by atoms with Gasteiger partial charge in [-0.15, -0.1) is 0 Å². The number of fused-ring (bicyclic) bond motifs is 2. The summed E-state index contributed by atoms with van der Waals surface area (Å²) in [6.07, 6.45) is 7.28. The first-order valence-corrected chi connectivity index (χ1v) is 14.1. The summed E-state index contributed by atoms with van der Waals surface area (Å²) in [7, 11) is 0. The number of benzene rings is 1. The van der Waals surface area contributed by atoms with Crippen LogP contribution < -0.4 is 4.90 Å². The second-order valence-corrected chi connectivity index (χ2v) is 12.1. The van der Waals surface area contributed by atoms with Gasteiger partial charge in [-0.05, 0) is 55.7 Å². The van der Waals surface area contributed by atoms with Crippen LogP contribution in [0.15, 0.2) is 36.7 Å². The van der Waals surface area contributed by atoms with Crippen molar-refractivity contribution in [3.63, 3.8) is 0 Å². The fourth-order valence-electron chi connectivity index (χ4n) is 7.21. The van der Waals surface area contributed by atoms with Crippen molar-refractivity contribution in [2.75, 3.05) is 18.1 Å². The number of aromatic nitrogens is 4. The molecule has 3 aliphatic heterocycles. The minimum atomic E-state index is -0.772. The molecule has 4 fully saturated rings. The molecule has 1 aromatic carbocycles. The molecule has 7 rings (SSSR count). The molecule has 1 saturated carbocycles. The highest BCUT2D eigenvalue weighted by atomic mass is 35.5. The van der Waals surface area contributed by atoms with Crippen molar-refractivity contribution in [2.45, 2.75) is 88.7 Å². The molecule has 1 spiro atoms. The van der Waals surface area contributed by atoms with Gasteiger partial charge in [-0.2, -0.15) is 9.97 Å². The van der Waals surface area contributed by atoms with Crippen molar-refractivity contribution in [3.05, 3.63) is 47.5 Å². The van der Waals surface area contributed by atoms with Gasteiger partial charge in [-0.1, -0.05) is 49.6 Å². The molecule has 202 valence electrons. The molecular weight excluding hydrogens is 506 g/mol. The first-order chi connectivity index (χ1) is 18.4. The number of ether oxygens (including phenoxy) is 3. The molecule has 4 aliphatic rings. The minimum Gasteiger partial charge on any atom is -0.394 e. The Balaban J connectivity index is 1.31. The average molecular weight is 540 g/mol. The molecule has 3 aromatic rings. The van der Waals surface area contributed by atoms with E-state index in [9.17, 15) is 5.11 Å². The van der Waals surface area contributed by atoms with Crippen LogP contribution in [0.2, 0.25) is 5.28 Å². The highest BCUT2D eigenvalue weighted by Crippen LogP contribution is 2.53. The van der Waals surface area contributed by atoms with E-state index in [2.05, 4.69) is 40.2 Å². The van der Waals surface area contributed by atoms with Crippen LogP contribution in [0, 0.1) is 5.41 Å². The maximum Gasteiger partial charge on any atom is 0.226 e. The van der Waals surface area contributed by atoms with E-state index in [-0.39, 0.29) is 29.5 Å². The number of aliphatic hydroxyl groups excluding tert-OH is 1. The van der Waals surface area contributed by atoms with Gasteiger partial charge < -0.3 is 24.2 Å². The standard InChI is InChI=1S/C28H34ClN5O4/c1-27(2)37-21-19(14-35)36-25(22(21)38-27)34-16-30-20-23(31-26(29)32-24(20)34)33-15-28(11-7-4-8-12-28)13-18(33)17-9-5-3-6-10-17/h3,5-6,9-10,16,18-19,21-22,25,35H,4,7-8,11-15H2,1-2H3/t18?,19-,21-,22-,25-/m1/s1. The Labute approximate surface area is 227 Å². The zero-order valence-corrected chi connectivity index (χ0v) is 22.5. The maximum atomic E-state index is 9.96. The van der Waals surface area contributed by atoms with Crippen molar-refractivity contribution in [1.29, 1.82) is 0 Å². The van der Waals surface area contributed by atoms with E-state index in [4.69, 9.17) is 35.8 Å². The van der Waals surface area contributed by atoms with Crippen LogP contribution in [0.3, 0.4) is 0 Å². The van der Waals surface area contributed by atoms with Gasteiger partial charge in [0.2, 0.25) is 5.28 Å². The molecule has 0 bridgehead atoms. The van der Waals surface area contributed by atoms with Crippen molar-refractivity contribution in [1.82, 2.24) is 19.5 Å². The van der Waals surface area contributed by atoms with Crippen LogP contribution in [-0.4, -0.2) is 61.9 Å². The average Bonchev–Trinajstić information content (AvgIpc) is 3.65. The van der Waals surface area contributed by atoms with Crippen LogP contribution in [-0.2, 0) is 14.2 Å². The van der Waals surface area contributed by atoms with Gasteiger partial charge in [0, 0.05) is 6.54 Å². The summed E-state index contributed by atoms with van der Waals surface area (Å²) in [6.45, 7) is 4.50. The Hall–Kier alpha value is -2.30. The first-order valence-electron chi connectivity index (χ1n) is 13.7. The van der Waals surface area contributed by atoms with Crippen LogP contribution in [0.5, 0.6) is 0 Å². The molecule has 38 heavy (non-hydrogen) atoms. The predicted molar refractivity (Wildman–Crippen MR) is 142 cm³/mol. The van der Waals surface area contributed by atoms with Crippen molar-refractivity contribution >= 4 is 28.6 Å². The van der Waals surface area contributed by atoms with E-state index >= 15 is 0 Å². The lowest BCUT2D eigenvalue weighted by Gasteiger charge is -2.33. The van der Waals surface area contributed by atoms with Crippen LogP contribution >= 0.6 is 11.6 Å². The van der Waals surface area contributed by atoms with E-state index in [1.807, 2.05) is 18.4 Å². The number of nitrogens with zero attached hydrogens (tertiary/aromatic N) is 5. The van der Waals surface area contributed by atoms with E-state index < -0.39 is 24.2 Å². The quantitative estimate of drug-likeness (QED) is 0.473. The summed E-state index contributed by atoms with van der Waals surface area (Å²) in [4.78, 5) is 16.6. The van der Waals surface area contributed by atoms with Gasteiger partial charge in [0.25, 0.3) is 0 Å². The summed E-state index contributed by atoms with van der Waals surface area (Å²) in [5.74, 6) is -0.0154. The second-order valence-electron chi connectivity index (χ2n) is 11.8. The van der Waals surface area contributed by atoms with E-state index in [0.717, 1.165) is 18.8 Å². The Morgan fingerprint density at radius 1 is 1.05 bits per heavy atom. The molecule has 3 saturated heterocycles. The summed E-state index contributed by atoms with van der Waals surface area (Å²) in [5, 5.41) is 10.1. The number of hydrogen-bond acceptors (Lipinski definition) is 8. The lowest BCUT2D eigenvalue weighted by atomic mass is 9.72. The third-order valence-electron chi connectivity index (χ3n) is 8.83. The van der Waals surface area contributed by atoms with E-state index in [0.29, 0.717) is 11.2 Å². The number of rotatable bonds is 4. The molecule has 2 aromatic heterocycles. The summed E-state index contributed by atoms with van der Waals surface area (Å²) < 4.78 is 20.3. The molecule has 1 N–H and O–H groups in total. The highest BCUT2D eigenvalue weighted by molar-refractivity contribution is 6.28. The molecule has 0 radical (unpaired) electrons. The third-order valence-corrected chi connectivity index (χ3v) is 9.00. The zero-order valence-electron chi connectivity index (χ0n) is 21.8. The van der Waals surface area contributed by atoms with Crippen LogP contribution in [0.1, 0.15) is 70.2 Å². The first kappa shape index (κ1) is 24.7. The zero-order chi connectivity index (χ0) is 26.1. The number of halogens is 1. The van der Waals surface area contributed by atoms with Gasteiger partial charge in [0.05, 0.1) is 19.0 Å². The van der Waals surface area contributed by atoms with Gasteiger partial charge in [0.15, 0.2) is 29.0 Å². The summed E-state index contributed by atoms with van der Waals surface area (Å²) >= 11 is 6.59. The molecule has 5 atom stereocenters. The monoisotopic (exact) mass is 539 g/mol. The normalized spacial score (nSPS) is 31.9. The minimum absolute atomic E-state index is 0.167. The third kappa shape index (κ3) is 4.02. The lowest BCUT2D eigenvalue weighted by molar-refractivity contribution is -0.199. The Morgan fingerprint density at radius 2 is 1.82 bits per heavy atom. The van der Waals surface area contributed by atoms with Crippen molar-refractivity contribution in [2.24, 2.45) is 5.41 Å². The molecule has 5 heterocycles. The summed E-state index contributed by atoms with van der Waals surface area (Å²) in [6, 6.07) is 10.9. The number of imidazole rings is 1. The molecule has 1 unspecified atom stereocenters. The van der Waals surface area contributed by atoms with Gasteiger partial charge in [-0.3, -0.25) is 4.57 Å². The molecule has 9 nitrogen and oxygen atoms in total. The Morgan fingerprint density at radius 3 is 2.58 bits per heavy atom. The second kappa shape index (κ2) is 9.13. The largest absolute Gasteiger partial charge is 0.394 e. The van der Waals surface area contributed by atoms with Crippen molar-refractivity contribution < 1.29 is 19.3 Å². The Bertz CT molecular complexity index is 1330. The highest BCUT2D eigenvalue weighted by Gasteiger charge is 2.56. The smallest absolute Gasteiger partial charge is 0.226 e.